The molecule has 23 heavy (non-hydrogen) atoms. The van der Waals surface area contributed by atoms with Gasteiger partial charge in [0.1, 0.15) is 0 Å². The highest BCUT2D eigenvalue weighted by atomic mass is 35.5. The SMILES string of the molecule is CNC(=O)c1ccc(CN(C)C(=O)[C@@H]2CCC[C@@H]2CN)cc1.Cl. The quantitative estimate of drug-likeness (QED) is 0.859. The minimum Gasteiger partial charge on any atom is -0.355 e. The van der Waals surface area contributed by atoms with Crippen molar-refractivity contribution in [3.05, 3.63) is 35.4 Å². The van der Waals surface area contributed by atoms with E-state index in [4.69, 9.17) is 5.73 Å². The Kier molecular flexibility index (Phi) is 7.52. The van der Waals surface area contributed by atoms with Crippen LogP contribution in [0.1, 0.15) is 35.2 Å². The van der Waals surface area contributed by atoms with Gasteiger partial charge in [-0.2, -0.15) is 0 Å². The molecular formula is C17H26ClN3O2. The molecule has 128 valence electrons. The molecule has 6 heteroatoms. The fourth-order valence-electron chi connectivity index (χ4n) is 3.18. The minimum absolute atomic E-state index is 0. The lowest BCUT2D eigenvalue weighted by atomic mass is 9.94. The lowest BCUT2D eigenvalue weighted by Gasteiger charge is -2.24. The number of nitrogens with zero attached hydrogens (tertiary/aromatic N) is 1. The summed E-state index contributed by atoms with van der Waals surface area (Å²) in [5.41, 5.74) is 7.41. The van der Waals surface area contributed by atoms with Crippen LogP contribution in [0, 0.1) is 11.8 Å². The second kappa shape index (κ2) is 8.89. The average molecular weight is 340 g/mol. The van der Waals surface area contributed by atoms with Gasteiger partial charge in [0.05, 0.1) is 0 Å². The topological polar surface area (TPSA) is 75.4 Å². The number of hydrogen-bond donors (Lipinski definition) is 2. The van der Waals surface area contributed by atoms with Crippen LogP contribution >= 0.6 is 12.4 Å². The summed E-state index contributed by atoms with van der Waals surface area (Å²) >= 11 is 0. The lowest BCUT2D eigenvalue weighted by molar-refractivity contribution is -0.135. The molecule has 0 saturated heterocycles. The molecule has 0 heterocycles. The van der Waals surface area contributed by atoms with Gasteiger partial charge < -0.3 is 16.0 Å². The van der Waals surface area contributed by atoms with E-state index in [2.05, 4.69) is 5.32 Å². The molecule has 1 fully saturated rings. The number of carbonyl (C=O) groups is 2. The predicted molar refractivity (Wildman–Crippen MR) is 93.4 cm³/mol. The lowest BCUT2D eigenvalue weighted by Crippen LogP contribution is -2.36. The van der Waals surface area contributed by atoms with Crippen molar-refractivity contribution in [1.82, 2.24) is 10.2 Å². The van der Waals surface area contributed by atoms with E-state index in [1.165, 1.54) is 0 Å². The summed E-state index contributed by atoms with van der Waals surface area (Å²) in [5, 5.41) is 2.59. The zero-order chi connectivity index (χ0) is 16.1. The van der Waals surface area contributed by atoms with Gasteiger partial charge in [-0.1, -0.05) is 18.6 Å². The van der Waals surface area contributed by atoms with Gasteiger partial charge in [0.15, 0.2) is 0 Å². The van der Waals surface area contributed by atoms with Crippen LogP contribution in [-0.4, -0.2) is 37.4 Å². The number of nitrogens with one attached hydrogen (secondary N) is 1. The van der Waals surface area contributed by atoms with Crippen LogP contribution in [0.25, 0.3) is 0 Å². The Morgan fingerprint density at radius 3 is 2.48 bits per heavy atom. The number of rotatable bonds is 5. The fourth-order valence-corrected chi connectivity index (χ4v) is 3.18. The van der Waals surface area contributed by atoms with Crippen LogP contribution in [0.5, 0.6) is 0 Å². The Morgan fingerprint density at radius 2 is 1.91 bits per heavy atom. The van der Waals surface area contributed by atoms with Crippen LogP contribution in [0.15, 0.2) is 24.3 Å². The van der Waals surface area contributed by atoms with Gasteiger partial charge in [0.2, 0.25) is 5.91 Å². The highest BCUT2D eigenvalue weighted by Gasteiger charge is 2.33. The van der Waals surface area contributed by atoms with Crippen molar-refractivity contribution >= 4 is 24.2 Å². The second-order valence-corrected chi connectivity index (χ2v) is 6.00. The van der Waals surface area contributed by atoms with E-state index < -0.39 is 0 Å². The first-order valence-corrected chi connectivity index (χ1v) is 7.83. The molecule has 1 aliphatic rings. The maximum Gasteiger partial charge on any atom is 0.251 e. The minimum atomic E-state index is -0.104. The molecule has 0 unspecified atom stereocenters. The number of amides is 2. The summed E-state index contributed by atoms with van der Waals surface area (Å²) in [4.78, 5) is 25.8. The maximum atomic E-state index is 12.5. The van der Waals surface area contributed by atoms with E-state index in [0.29, 0.717) is 24.6 Å². The van der Waals surface area contributed by atoms with Gasteiger partial charge in [-0.3, -0.25) is 9.59 Å². The third-order valence-corrected chi connectivity index (χ3v) is 4.52. The van der Waals surface area contributed by atoms with E-state index >= 15 is 0 Å². The highest BCUT2D eigenvalue weighted by molar-refractivity contribution is 5.93. The van der Waals surface area contributed by atoms with Crippen molar-refractivity contribution in [2.24, 2.45) is 17.6 Å². The van der Waals surface area contributed by atoms with Crippen LogP contribution in [0.2, 0.25) is 0 Å². The third-order valence-electron chi connectivity index (χ3n) is 4.52. The number of halogens is 1. The largest absolute Gasteiger partial charge is 0.355 e. The summed E-state index contributed by atoms with van der Waals surface area (Å²) < 4.78 is 0. The van der Waals surface area contributed by atoms with Gasteiger partial charge >= 0.3 is 0 Å². The molecule has 1 saturated carbocycles. The van der Waals surface area contributed by atoms with E-state index in [-0.39, 0.29) is 30.1 Å². The van der Waals surface area contributed by atoms with E-state index in [1.54, 1.807) is 24.1 Å². The van der Waals surface area contributed by atoms with Crippen molar-refractivity contribution in [3.8, 4) is 0 Å². The van der Waals surface area contributed by atoms with Gasteiger partial charge in [0.25, 0.3) is 5.91 Å². The zero-order valence-corrected chi connectivity index (χ0v) is 14.6. The van der Waals surface area contributed by atoms with Crippen molar-refractivity contribution in [2.45, 2.75) is 25.8 Å². The van der Waals surface area contributed by atoms with Crippen LogP contribution in [-0.2, 0) is 11.3 Å². The van der Waals surface area contributed by atoms with Crippen molar-refractivity contribution in [1.29, 1.82) is 0 Å². The predicted octanol–water partition coefficient (Wildman–Crippen LogP) is 1.80. The highest BCUT2D eigenvalue weighted by Crippen LogP contribution is 2.32. The molecule has 3 N–H and O–H groups in total. The first-order chi connectivity index (χ1) is 10.6. The molecule has 2 atom stereocenters. The van der Waals surface area contributed by atoms with Gasteiger partial charge in [-0.15, -0.1) is 12.4 Å². The normalized spacial score (nSPS) is 19.8. The Balaban J connectivity index is 0.00000264. The van der Waals surface area contributed by atoms with Crippen LogP contribution < -0.4 is 11.1 Å². The first kappa shape index (κ1) is 19.5. The van der Waals surface area contributed by atoms with Gasteiger partial charge in [-0.05, 0) is 43.0 Å². The van der Waals surface area contributed by atoms with E-state index in [0.717, 1.165) is 24.8 Å². The Labute approximate surface area is 144 Å². The van der Waals surface area contributed by atoms with E-state index in [9.17, 15) is 9.59 Å². The summed E-state index contributed by atoms with van der Waals surface area (Å²) in [6.45, 7) is 1.14. The number of carbonyl (C=O) groups excluding carboxylic acids is 2. The second-order valence-electron chi connectivity index (χ2n) is 6.00. The van der Waals surface area contributed by atoms with Crippen LogP contribution in [0.3, 0.4) is 0 Å². The van der Waals surface area contributed by atoms with Gasteiger partial charge in [0, 0.05) is 32.1 Å². The standard InChI is InChI=1S/C17H25N3O2.ClH/c1-19-16(21)13-8-6-12(7-9-13)11-20(2)17(22)15-5-3-4-14(15)10-18;/h6-9,14-15H,3-5,10-11,18H2,1-2H3,(H,19,21);1H/t14-,15-;/m1./s1. The fraction of sp³-hybridized carbons (Fsp3) is 0.529. The zero-order valence-electron chi connectivity index (χ0n) is 13.7. The number of nitrogens with two attached hydrogens (primary N) is 1. The van der Waals surface area contributed by atoms with Crippen LogP contribution in [0.4, 0.5) is 0 Å². The van der Waals surface area contributed by atoms with Crippen molar-refractivity contribution < 1.29 is 9.59 Å². The average Bonchev–Trinajstić information content (AvgIpc) is 3.02. The van der Waals surface area contributed by atoms with Gasteiger partial charge in [-0.25, -0.2) is 0 Å². The molecular weight excluding hydrogens is 314 g/mol. The third kappa shape index (κ3) is 4.69. The monoisotopic (exact) mass is 339 g/mol. The molecule has 0 spiro atoms. The summed E-state index contributed by atoms with van der Waals surface area (Å²) in [5.74, 6) is 0.474. The first-order valence-electron chi connectivity index (χ1n) is 7.83. The molecule has 2 rings (SSSR count). The van der Waals surface area contributed by atoms with E-state index in [1.807, 2.05) is 19.2 Å². The Morgan fingerprint density at radius 1 is 1.26 bits per heavy atom. The van der Waals surface area contributed by atoms with Crippen molar-refractivity contribution in [3.63, 3.8) is 0 Å². The molecule has 1 aliphatic carbocycles. The summed E-state index contributed by atoms with van der Waals surface area (Å²) in [6.07, 6.45) is 3.09. The Bertz CT molecular complexity index is 533. The number of hydrogen-bond acceptors (Lipinski definition) is 3. The molecule has 1 aromatic rings. The summed E-state index contributed by atoms with van der Waals surface area (Å²) in [6, 6.07) is 7.35. The summed E-state index contributed by atoms with van der Waals surface area (Å²) in [7, 11) is 3.44. The molecule has 0 radical (unpaired) electrons. The molecule has 2 amide bonds. The smallest absolute Gasteiger partial charge is 0.251 e. The molecule has 5 nitrogen and oxygen atoms in total. The maximum absolute atomic E-state index is 12.5. The molecule has 1 aromatic carbocycles. The number of benzene rings is 1. The Hall–Kier alpha value is -1.59. The molecule has 0 aromatic heterocycles. The molecule has 0 aliphatic heterocycles. The molecule has 0 bridgehead atoms. The van der Waals surface area contributed by atoms with Crippen molar-refractivity contribution in [2.75, 3.05) is 20.6 Å².